The molecule has 2 heteroatoms. The van der Waals surface area contributed by atoms with Gasteiger partial charge in [0.2, 0.25) is 0 Å². The first-order valence-electron chi connectivity index (χ1n) is 16.5. The standard InChI is InChI=1S/C46H27NS/c1-2-9-28(10-3-1)29-17-21-32(22-18-29)47-41-23-19-30(31-20-24-44-38(25-31)35-13-6-7-16-43(35)48-44)26-40(41)46-37-15-8-14-36-33-11-4-5-12-34(33)39(45(36)37)27-42(46)47/h1-27H. The first kappa shape index (κ1) is 26.1. The number of nitrogens with zero attached hydrogens (tertiary/aromatic N) is 1. The van der Waals surface area contributed by atoms with E-state index in [-0.39, 0.29) is 0 Å². The van der Waals surface area contributed by atoms with Gasteiger partial charge in [-0.15, -0.1) is 11.3 Å². The summed E-state index contributed by atoms with van der Waals surface area (Å²) in [5.74, 6) is 0. The molecule has 0 radical (unpaired) electrons. The number of rotatable bonds is 3. The topological polar surface area (TPSA) is 4.93 Å². The van der Waals surface area contributed by atoms with E-state index in [4.69, 9.17) is 0 Å². The lowest BCUT2D eigenvalue weighted by Gasteiger charge is -2.11. The van der Waals surface area contributed by atoms with Crippen molar-refractivity contribution in [1.29, 1.82) is 0 Å². The average molecular weight is 626 g/mol. The molecule has 0 unspecified atom stereocenters. The van der Waals surface area contributed by atoms with Gasteiger partial charge in [-0.25, -0.2) is 0 Å². The van der Waals surface area contributed by atoms with Gasteiger partial charge in [0.15, 0.2) is 0 Å². The Kier molecular flexibility index (Phi) is 5.32. The van der Waals surface area contributed by atoms with Crippen molar-refractivity contribution in [3.8, 4) is 50.2 Å². The summed E-state index contributed by atoms with van der Waals surface area (Å²) in [6, 6.07) is 60.7. The lowest BCUT2D eigenvalue weighted by Crippen LogP contribution is -1.94. The van der Waals surface area contributed by atoms with E-state index >= 15 is 0 Å². The fraction of sp³-hybridized carbons (Fsp3) is 0. The maximum absolute atomic E-state index is 2.47. The number of hydrogen-bond donors (Lipinski definition) is 0. The van der Waals surface area contributed by atoms with Crippen molar-refractivity contribution in [2.45, 2.75) is 0 Å². The molecule has 1 nitrogen and oxygen atoms in total. The van der Waals surface area contributed by atoms with Crippen LogP contribution in [0.3, 0.4) is 0 Å². The van der Waals surface area contributed by atoms with E-state index in [1.165, 1.54) is 103 Å². The predicted octanol–water partition coefficient (Wildman–Crippen LogP) is 13.3. The second kappa shape index (κ2) is 9.78. The molecule has 1 aliphatic carbocycles. The zero-order valence-corrected chi connectivity index (χ0v) is 26.8. The van der Waals surface area contributed by atoms with Gasteiger partial charge in [0.05, 0.1) is 11.0 Å². The van der Waals surface area contributed by atoms with E-state index in [1.54, 1.807) is 0 Å². The van der Waals surface area contributed by atoms with Gasteiger partial charge in [-0.2, -0.15) is 0 Å². The van der Waals surface area contributed by atoms with Gasteiger partial charge in [0.1, 0.15) is 0 Å². The van der Waals surface area contributed by atoms with E-state index in [0.29, 0.717) is 0 Å². The van der Waals surface area contributed by atoms with Gasteiger partial charge in [-0.1, -0.05) is 115 Å². The number of benzene rings is 8. The summed E-state index contributed by atoms with van der Waals surface area (Å²) in [5.41, 5.74) is 13.9. The van der Waals surface area contributed by atoms with Crippen molar-refractivity contribution in [3.05, 3.63) is 164 Å². The summed E-state index contributed by atoms with van der Waals surface area (Å²) in [4.78, 5) is 0. The van der Waals surface area contributed by atoms with Crippen LogP contribution >= 0.6 is 11.3 Å². The van der Waals surface area contributed by atoms with Crippen LogP contribution in [0.2, 0.25) is 0 Å². The minimum atomic E-state index is 1.17. The summed E-state index contributed by atoms with van der Waals surface area (Å²) in [6.45, 7) is 0. The summed E-state index contributed by atoms with van der Waals surface area (Å²) in [5, 5.41) is 7.94. The molecule has 0 N–H and O–H groups in total. The fourth-order valence-electron chi connectivity index (χ4n) is 8.18. The predicted molar refractivity (Wildman–Crippen MR) is 206 cm³/mol. The molecule has 11 rings (SSSR count). The average Bonchev–Trinajstić information content (AvgIpc) is 3.80. The van der Waals surface area contributed by atoms with Gasteiger partial charge in [0, 0.05) is 36.6 Å². The van der Waals surface area contributed by atoms with Crippen molar-refractivity contribution in [3.63, 3.8) is 0 Å². The van der Waals surface area contributed by atoms with Crippen molar-refractivity contribution in [2.75, 3.05) is 0 Å². The molecular weight excluding hydrogens is 599 g/mol. The van der Waals surface area contributed by atoms with Crippen LogP contribution in [0.25, 0.3) is 103 Å². The van der Waals surface area contributed by atoms with Crippen LogP contribution in [-0.2, 0) is 0 Å². The highest BCUT2D eigenvalue weighted by Gasteiger charge is 2.25. The third kappa shape index (κ3) is 3.61. The number of thiophene rings is 1. The normalized spacial score (nSPS) is 12.2. The Morgan fingerprint density at radius 2 is 0.958 bits per heavy atom. The molecule has 0 saturated heterocycles. The Balaban J connectivity index is 1.20. The Hall–Kier alpha value is -5.96. The van der Waals surface area contributed by atoms with Crippen LogP contribution < -0.4 is 0 Å². The Bertz CT molecular complexity index is 2920. The largest absolute Gasteiger partial charge is 0.309 e. The number of aromatic nitrogens is 1. The molecule has 0 aliphatic heterocycles. The highest BCUT2D eigenvalue weighted by atomic mass is 32.1. The van der Waals surface area contributed by atoms with Gasteiger partial charge in [-0.05, 0) is 104 Å². The molecule has 2 heterocycles. The fourth-order valence-corrected chi connectivity index (χ4v) is 9.26. The molecule has 1 aliphatic rings. The molecule has 10 aromatic rings. The van der Waals surface area contributed by atoms with Crippen molar-refractivity contribution < 1.29 is 0 Å². The summed E-state index contributed by atoms with van der Waals surface area (Å²) >= 11 is 1.87. The SMILES string of the molecule is c1ccc(-c2ccc(-n3c4ccc(-c5ccc6sc7ccccc7c6c5)cc4c4c5cccc6c5c(cc43)-c3ccccc3-6)cc2)cc1. The van der Waals surface area contributed by atoms with E-state index in [0.717, 1.165) is 0 Å². The van der Waals surface area contributed by atoms with Crippen LogP contribution in [0.4, 0.5) is 0 Å². The quantitative estimate of drug-likeness (QED) is 0.184. The van der Waals surface area contributed by atoms with Crippen LogP contribution in [-0.4, -0.2) is 4.57 Å². The summed E-state index contributed by atoms with van der Waals surface area (Å²) < 4.78 is 5.15. The summed E-state index contributed by atoms with van der Waals surface area (Å²) in [7, 11) is 0. The minimum absolute atomic E-state index is 1.17. The lowest BCUT2D eigenvalue weighted by atomic mass is 9.96. The molecule has 0 bridgehead atoms. The van der Waals surface area contributed by atoms with E-state index in [9.17, 15) is 0 Å². The first-order valence-corrected chi connectivity index (χ1v) is 17.3. The zero-order valence-electron chi connectivity index (χ0n) is 25.9. The molecule has 222 valence electrons. The van der Waals surface area contributed by atoms with Crippen molar-refractivity contribution in [1.82, 2.24) is 4.57 Å². The van der Waals surface area contributed by atoms with Crippen LogP contribution in [0, 0.1) is 0 Å². The molecule has 0 saturated carbocycles. The van der Waals surface area contributed by atoms with Crippen molar-refractivity contribution >= 4 is 64.1 Å². The second-order valence-corrected chi connectivity index (χ2v) is 14.0. The number of hydrogen-bond acceptors (Lipinski definition) is 1. The number of fused-ring (bicyclic) bond motifs is 10. The molecule has 0 fully saturated rings. The summed E-state index contributed by atoms with van der Waals surface area (Å²) in [6.07, 6.45) is 0. The monoisotopic (exact) mass is 625 g/mol. The first-order chi connectivity index (χ1) is 23.8. The highest BCUT2D eigenvalue weighted by Crippen LogP contribution is 2.51. The molecule has 0 spiro atoms. The molecule has 2 aromatic heterocycles. The van der Waals surface area contributed by atoms with Gasteiger partial charge in [-0.3, -0.25) is 0 Å². The van der Waals surface area contributed by atoms with Crippen molar-refractivity contribution in [2.24, 2.45) is 0 Å². The van der Waals surface area contributed by atoms with Crippen LogP contribution in [0.5, 0.6) is 0 Å². The molecular formula is C46H27NS. The van der Waals surface area contributed by atoms with Crippen LogP contribution in [0.1, 0.15) is 0 Å². The van der Waals surface area contributed by atoms with Gasteiger partial charge >= 0.3 is 0 Å². The third-order valence-electron chi connectivity index (χ3n) is 10.3. The molecule has 48 heavy (non-hydrogen) atoms. The van der Waals surface area contributed by atoms with Crippen LogP contribution in [0.15, 0.2) is 164 Å². The zero-order chi connectivity index (χ0) is 31.3. The smallest absolute Gasteiger partial charge is 0.0553 e. The minimum Gasteiger partial charge on any atom is -0.309 e. The molecule has 0 amide bonds. The highest BCUT2D eigenvalue weighted by molar-refractivity contribution is 7.25. The molecule has 8 aromatic carbocycles. The lowest BCUT2D eigenvalue weighted by molar-refractivity contribution is 1.18. The maximum atomic E-state index is 2.47. The van der Waals surface area contributed by atoms with E-state index < -0.39 is 0 Å². The van der Waals surface area contributed by atoms with Gasteiger partial charge < -0.3 is 4.57 Å². The third-order valence-corrected chi connectivity index (χ3v) is 11.5. The second-order valence-electron chi connectivity index (χ2n) is 12.9. The van der Waals surface area contributed by atoms with E-state index in [2.05, 4.69) is 168 Å². The molecule has 0 atom stereocenters. The van der Waals surface area contributed by atoms with E-state index in [1.807, 2.05) is 11.3 Å². The Morgan fingerprint density at radius 3 is 1.81 bits per heavy atom. The van der Waals surface area contributed by atoms with Gasteiger partial charge in [0.25, 0.3) is 0 Å². The Morgan fingerprint density at radius 1 is 0.333 bits per heavy atom. The Labute approximate surface area is 281 Å². The maximum Gasteiger partial charge on any atom is 0.0553 e.